The van der Waals surface area contributed by atoms with Gasteiger partial charge < -0.3 is 13.7 Å². The van der Waals surface area contributed by atoms with Crippen molar-refractivity contribution in [3.8, 4) is 22.7 Å². The molecule has 0 aliphatic heterocycles. The standard InChI is InChI=1S/C25H22BrClN6O3/c1-3-4-9-19-28-23(27)21(25(34)35-2)33(19)13-14-10-11-18-17(12-14)20(26)22(36-18)15-7-5-6-8-16(15)24-29-31-32-30-24/h5-8,10-12H,3-4,9,13H2,1-2H3,(H,29,30,31,32). The zero-order valence-corrected chi connectivity index (χ0v) is 21.9. The average molecular weight is 570 g/mol. The first kappa shape index (κ1) is 24.2. The number of halogens is 2. The van der Waals surface area contributed by atoms with E-state index in [1.807, 2.05) is 47.0 Å². The molecule has 1 N–H and O–H groups in total. The Morgan fingerprint density at radius 2 is 2.03 bits per heavy atom. The van der Waals surface area contributed by atoms with Gasteiger partial charge in [0.25, 0.3) is 0 Å². The van der Waals surface area contributed by atoms with Crippen LogP contribution in [-0.4, -0.2) is 43.3 Å². The lowest BCUT2D eigenvalue weighted by atomic mass is 10.0. The van der Waals surface area contributed by atoms with Crippen molar-refractivity contribution in [2.45, 2.75) is 32.7 Å². The molecule has 0 amide bonds. The quantitative estimate of drug-likeness (QED) is 0.226. The van der Waals surface area contributed by atoms with Crippen LogP contribution in [0.3, 0.4) is 0 Å². The van der Waals surface area contributed by atoms with Crippen molar-refractivity contribution >= 4 is 44.5 Å². The summed E-state index contributed by atoms with van der Waals surface area (Å²) < 4.78 is 13.9. The van der Waals surface area contributed by atoms with Crippen LogP contribution in [0.1, 0.15) is 41.6 Å². The van der Waals surface area contributed by atoms with E-state index in [9.17, 15) is 4.79 Å². The molecule has 0 radical (unpaired) electrons. The number of esters is 1. The first-order valence-corrected chi connectivity index (χ1v) is 12.6. The molecule has 0 fully saturated rings. The number of ether oxygens (including phenoxy) is 1. The van der Waals surface area contributed by atoms with Crippen molar-refractivity contribution in [2.24, 2.45) is 0 Å². The summed E-state index contributed by atoms with van der Waals surface area (Å²) >= 11 is 10.1. The fourth-order valence-corrected chi connectivity index (χ4v) is 5.07. The number of unbranched alkanes of at least 4 members (excludes halogenated alkanes) is 1. The van der Waals surface area contributed by atoms with Crippen LogP contribution in [0.5, 0.6) is 0 Å². The number of furan rings is 1. The number of fused-ring (bicyclic) bond motifs is 1. The van der Waals surface area contributed by atoms with Crippen LogP contribution in [0.4, 0.5) is 0 Å². The third-order valence-corrected chi connectivity index (χ3v) is 6.99. The van der Waals surface area contributed by atoms with Gasteiger partial charge in [-0.3, -0.25) is 0 Å². The highest BCUT2D eigenvalue weighted by Crippen LogP contribution is 2.41. The Morgan fingerprint density at radius 1 is 1.22 bits per heavy atom. The second-order valence-electron chi connectivity index (χ2n) is 8.22. The Balaban J connectivity index is 1.56. The van der Waals surface area contributed by atoms with Gasteiger partial charge in [-0.1, -0.05) is 55.3 Å². The SMILES string of the molecule is CCCCc1nc(Cl)c(C(=O)OC)n1Cc1ccc2oc(-c3ccccc3-c3nnn[nH]3)c(Br)c2c1. The van der Waals surface area contributed by atoms with Crippen LogP contribution in [0.2, 0.25) is 5.15 Å². The lowest BCUT2D eigenvalue weighted by Crippen LogP contribution is -2.14. The molecule has 0 saturated carbocycles. The molecule has 184 valence electrons. The summed E-state index contributed by atoms with van der Waals surface area (Å²) in [7, 11) is 1.34. The first-order chi connectivity index (χ1) is 17.5. The Morgan fingerprint density at radius 3 is 2.75 bits per heavy atom. The van der Waals surface area contributed by atoms with Gasteiger partial charge >= 0.3 is 5.97 Å². The third-order valence-electron chi connectivity index (χ3n) is 5.94. The second-order valence-corrected chi connectivity index (χ2v) is 9.37. The molecule has 0 atom stereocenters. The minimum absolute atomic E-state index is 0.152. The Labute approximate surface area is 219 Å². The van der Waals surface area contributed by atoms with Gasteiger partial charge in [0.05, 0.1) is 11.6 Å². The molecule has 9 nitrogen and oxygen atoms in total. The Kier molecular flexibility index (Phi) is 6.88. The van der Waals surface area contributed by atoms with Crippen molar-refractivity contribution in [3.05, 3.63) is 69.2 Å². The number of aromatic nitrogens is 6. The molecule has 0 aliphatic carbocycles. The van der Waals surface area contributed by atoms with E-state index in [1.165, 1.54) is 7.11 Å². The van der Waals surface area contributed by atoms with Gasteiger partial charge in [0.2, 0.25) is 0 Å². The van der Waals surface area contributed by atoms with Crippen molar-refractivity contribution in [3.63, 3.8) is 0 Å². The molecule has 0 unspecified atom stereocenters. The van der Waals surface area contributed by atoms with Gasteiger partial charge in [-0.25, -0.2) is 14.9 Å². The average Bonchev–Trinajstić information content (AvgIpc) is 3.61. The zero-order valence-electron chi connectivity index (χ0n) is 19.6. The topological polar surface area (TPSA) is 112 Å². The minimum Gasteiger partial charge on any atom is -0.464 e. The van der Waals surface area contributed by atoms with E-state index in [0.717, 1.165) is 45.2 Å². The monoisotopic (exact) mass is 568 g/mol. The third kappa shape index (κ3) is 4.42. The molecule has 3 aromatic heterocycles. The molecule has 11 heteroatoms. The molecular formula is C25H22BrClN6O3. The summed E-state index contributed by atoms with van der Waals surface area (Å²) in [6, 6.07) is 13.6. The van der Waals surface area contributed by atoms with Gasteiger partial charge in [0.15, 0.2) is 16.7 Å². The van der Waals surface area contributed by atoms with Crippen LogP contribution in [0.25, 0.3) is 33.7 Å². The maximum absolute atomic E-state index is 12.5. The predicted molar refractivity (Wildman–Crippen MR) is 139 cm³/mol. The van der Waals surface area contributed by atoms with E-state index in [0.29, 0.717) is 30.1 Å². The number of tetrazole rings is 1. The molecule has 5 aromatic rings. The molecule has 2 aromatic carbocycles. The number of nitrogens with one attached hydrogen (secondary N) is 1. The molecule has 0 spiro atoms. The number of aryl methyl sites for hydroxylation is 1. The Hall–Kier alpha value is -3.50. The highest BCUT2D eigenvalue weighted by Gasteiger charge is 2.24. The number of nitrogens with zero attached hydrogens (tertiary/aromatic N) is 5. The largest absolute Gasteiger partial charge is 0.464 e. The van der Waals surface area contributed by atoms with Crippen LogP contribution in [0.15, 0.2) is 51.4 Å². The van der Waals surface area contributed by atoms with Crippen LogP contribution >= 0.6 is 27.5 Å². The summed E-state index contributed by atoms with van der Waals surface area (Å²) in [5.41, 5.74) is 3.59. The molecule has 5 rings (SSSR count). The maximum atomic E-state index is 12.5. The summed E-state index contributed by atoms with van der Waals surface area (Å²) in [4.78, 5) is 16.9. The zero-order chi connectivity index (χ0) is 25.2. The fourth-order valence-electron chi connectivity index (χ4n) is 4.18. The van der Waals surface area contributed by atoms with Crippen LogP contribution in [-0.2, 0) is 17.7 Å². The van der Waals surface area contributed by atoms with Gasteiger partial charge in [-0.05, 0) is 50.5 Å². The van der Waals surface area contributed by atoms with E-state index < -0.39 is 5.97 Å². The maximum Gasteiger partial charge on any atom is 0.357 e. The molecule has 0 aliphatic rings. The first-order valence-electron chi connectivity index (χ1n) is 11.4. The van der Waals surface area contributed by atoms with E-state index in [2.05, 4.69) is 48.5 Å². The van der Waals surface area contributed by atoms with Crippen LogP contribution in [0, 0.1) is 0 Å². The summed E-state index contributed by atoms with van der Waals surface area (Å²) in [6.07, 6.45) is 2.65. The Bertz CT molecular complexity index is 1540. The van der Waals surface area contributed by atoms with Crippen molar-refractivity contribution in [1.82, 2.24) is 30.2 Å². The van der Waals surface area contributed by atoms with Crippen molar-refractivity contribution in [2.75, 3.05) is 7.11 Å². The fraction of sp³-hybridized carbons (Fsp3) is 0.240. The number of methoxy groups -OCH3 is 1. The van der Waals surface area contributed by atoms with Crippen molar-refractivity contribution in [1.29, 1.82) is 0 Å². The number of imidazole rings is 1. The van der Waals surface area contributed by atoms with Crippen LogP contribution < -0.4 is 0 Å². The van der Waals surface area contributed by atoms with Gasteiger partial charge in [-0.15, -0.1) is 5.10 Å². The summed E-state index contributed by atoms with van der Waals surface area (Å²) in [6.45, 7) is 2.52. The molecule has 0 saturated heterocycles. The highest BCUT2D eigenvalue weighted by atomic mass is 79.9. The van der Waals surface area contributed by atoms with Crippen molar-refractivity contribution < 1.29 is 13.9 Å². The second kappa shape index (κ2) is 10.2. The number of carbonyl (C=O) groups excluding carboxylic acids is 1. The molecule has 3 heterocycles. The normalized spacial score (nSPS) is 11.3. The lowest BCUT2D eigenvalue weighted by molar-refractivity contribution is 0.0589. The van der Waals surface area contributed by atoms with E-state index in [-0.39, 0.29) is 10.8 Å². The lowest BCUT2D eigenvalue weighted by Gasteiger charge is -2.11. The van der Waals surface area contributed by atoms with E-state index >= 15 is 0 Å². The summed E-state index contributed by atoms with van der Waals surface area (Å²) in [5.74, 6) is 1.45. The number of rotatable bonds is 8. The summed E-state index contributed by atoms with van der Waals surface area (Å²) in [5, 5.41) is 15.3. The molecule has 36 heavy (non-hydrogen) atoms. The number of hydrogen-bond acceptors (Lipinski definition) is 7. The highest BCUT2D eigenvalue weighted by molar-refractivity contribution is 9.10. The van der Waals surface area contributed by atoms with E-state index in [1.54, 1.807) is 0 Å². The van der Waals surface area contributed by atoms with Gasteiger partial charge in [0, 0.05) is 29.5 Å². The number of aromatic amines is 1. The van der Waals surface area contributed by atoms with E-state index in [4.69, 9.17) is 20.8 Å². The predicted octanol–water partition coefficient (Wildman–Crippen LogP) is 6.07. The molecule has 0 bridgehead atoms. The van der Waals surface area contributed by atoms with Gasteiger partial charge in [0.1, 0.15) is 17.2 Å². The van der Waals surface area contributed by atoms with Gasteiger partial charge in [-0.2, -0.15) is 0 Å². The number of hydrogen-bond donors (Lipinski definition) is 1. The number of benzene rings is 2. The molecular weight excluding hydrogens is 548 g/mol. The minimum atomic E-state index is -0.512. The smallest absolute Gasteiger partial charge is 0.357 e. The number of carbonyl (C=O) groups is 1. The number of H-pyrrole nitrogens is 1.